The van der Waals surface area contributed by atoms with Gasteiger partial charge in [-0.2, -0.15) is 8.42 Å². The summed E-state index contributed by atoms with van der Waals surface area (Å²) in [5.74, 6) is 0.529. The van der Waals surface area contributed by atoms with Crippen LogP contribution in [0.1, 0.15) is 19.3 Å². The fourth-order valence-corrected chi connectivity index (χ4v) is 2.59. The minimum atomic E-state index is -2.05. The van der Waals surface area contributed by atoms with Crippen LogP contribution in [-0.4, -0.2) is 26.4 Å². The van der Waals surface area contributed by atoms with Crippen LogP contribution in [-0.2, 0) is 10.3 Å². The van der Waals surface area contributed by atoms with Gasteiger partial charge in [-0.1, -0.05) is 12.2 Å². The van der Waals surface area contributed by atoms with Crippen molar-refractivity contribution in [1.29, 1.82) is 0 Å². The highest BCUT2D eigenvalue weighted by atomic mass is 32.2. The molecule has 0 amide bonds. The van der Waals surface area contributed by atoms with Crippen molar-refractivity contribution in [3.05, 3.63) is 23.8 Å². The van der Waals surface area contributed by atoms with Gasteiger partial charge in [-0.05, 0) is 43.5 Å². The van der Waals surface area contributed by atoms with Crippen LogP contribution in [0.4, 0.5) is 0 Å². The van der Waals surface area contributed by atoms with Crippen LogP contribution in [0.2, 0.25) is 0 Å². The van der Waals surface area contributed by atoms with Gasteiger partial charge in [0, 0.05) is 6.42 Å². The number of rotatable bonds is 1. The van der Waals surface area contributed by atoms with Gasteiger partial charge in [0.1, 0.15) is 0 Å². The van der Waals surface area contributed by atoms with Crippen molar-refractivity contribution in [2.45, 2.75) is 19.3 Å². The van der Waals surface area contributed by atoms with Crippen LogP contribution in [0.5, 0.6) is 0 Å². The summed E-state index contributed by atoms with van der Waals surface area (Å²) in [5.41, 5.74) is 1.18. The van der Waals surface area contributed by atoms with Crippen molar-refractivity contribution in [2.24, 2.45) is 5.92 Å². The molecule has 2 rings (SSSR count). The molecule has 2 aliphatic rings. The number of allylic oxidation sites excluding steroid dienone is 4. The van der Waals surface area contributed by atoms with E-state index in [1.807, 2.05) is 12.2 Å². The second-order valence-electron chi connectivity index (χ2n) is 3.98. The van der Waals surface area contributed by atoms with E-state index in [1.165, 1.54) is 5.57 Å². The Balaban J connectivity index is 2.21. The van der Waals surface area contributed by atoms with Crippen molar-refractivity contribution in [3.8, 4) is 0 Å². The van der Waals surface area contributed by atoms with Gasteiger partial charge < -0.3 is 5.32 Å². The molecule has 0 atom stereocenters. The third kappa shape index (κ3) is 2.58. The zero-order chi connectivity index (χ0) is 10.7. The van der Waals surface area contributed by atoms with Gasteiger partial charge in [-0.15, -0.1) is 0 Å². The van der Waals surface area contributed by atoms with Gasteiger partial charge in [-0.25, -0.2) is 0 Å². The maximum Gasteiger partial charge on any atom is 0.217 e. The second kappa shape index (κ2) is 4.77. The Morgan fingerprint density at radius 1 is 1.27 bits per heavy atom. The zero-order valence-electron chi connectivity index (χ0n) is 8.57. The highest BCUT2D eigenvalue weighted by Crippen LogP contribution is 2.24. The Morgan fingerprint density at radius 2 is 2.00 bits per heavy atom. The first-order chi connectivity index (χ1) is 7.27. The Labute approximate surface area is 91.4 Å². The van der Waals surface area contributed by atoms with E-state index in [-0.39, 0.29) is 0 Å². The lowest BCUT2D eigenvalue weighted by Crippen LogP contribution is -2.28. The van der Waals surface area contributed by atoms with E-state index < -0.39 is 10.3 Å². The predicted octanol–water partition coefficient (Wildman–Crippen LogP) is 0.924. The molecule has 0 bridgehead atoms. The van der Waals surface area contributed by atoms with E-state index in [9.17, 15) is 8.42 Å². The molecular formula is C11H15NO2S. The second-order valence-corrected chi connectivity index (χ2v) is 4.97. The summed E-state index contributed by atoms with van der Waals surface area (Å²) in [7, 11) is -2.05. The van der Waals surface area contributed by atoms with E-state index in [0.29, 0.717) is 17.2 Å². The molecule has 15 heavy (non-hydrogen) atoms. The van der Waals surface area contributed by atoms with Crippen LogP contribution in [0, 0.1) is 5.92 Å². The Morgan fingerprint density at radius 3 is 2.67 bits per heavy atom. The third-order valence-corrected chi connectivity index (χ3v) is 3.69. The average Bonchev–Trinajstić information content (AvgIpc) is 2.30. The molecule has 1 aliphatic carbocycles. The highest BCUT2D eigenvalue weighted by Gasteiger charge is 2.17. The van der Waals surface area contributed by atoms with Crippen molar-refractivity contribution < 1.29 is 8.42 Å². The minimum absolute atomic E-state index is 0.519. The van der Waals surface area contributed by atoms with Gasteiger partial charge in [-0.3, -0.25) is 0 Å². The fraction of sp³-hybridized carbons (Fsp3) is 0.545. The molecular weight excluding hydrogens is 210 g/mol. The summed E-state index contributed by atoms with van der Waals surface area (Å²) in [6.45, 7) is 2.07. The molecule has 1 aliphatic heterocycles. The average molecular weight is 225 g/mol. The van der Waals surface area contributed by atoms with Gasteiger partial charge >= 0.3 is 0 Å². The van der Waals surface area contributed by atoms with Crippen LogP contribution in [0.3, 0.4) is 0 Å². The SMILES string of the molecule is O=S(=O)=C1C=C(C2CCNCC2)C=CC1. The summed E-state index contributed by atoms with van der Waals surface area (Å²) in [6.07, 6.45) is 8.63. The van der Waals surface area contributed by atoms with Crippen LogP contribution in [0.15, 0.2) is 23.8 Å². The molecule has 1 saturated heterocycles. The third-order valence-electron chi connectivity index (χ3n) is 2.98. The molecule has 0 aromatic carbocycles. The smallest absolute Gasteiger partial charge is 0.217 e. The highest BCUT2D eigenvalue weighted by molar-refractivity contribution is 7.73. The lowest BCUT2D eigenvalue weighted by Gasteiger charge is -2.24. The fourth-order valence-electron chi connectivity index (χ4n) is 2.13. The molecule has 0 spiro atoms. The zero-order valence-corrected chi connectivity index (χ0v) is 9.39. The van der Waals surface area contributed by atoms with Crippen molar-refractivity contribution >= 4 is 15.2 Å². The normalized spacial score (nSPS) is 22.7. The maximum absolute atomic E-state index is 10.9. The van der Waals surface area contributed by atoms with Crippen LogP contribution < -0.4 is 5.32 Å². The predicted molar refractivity (Wildman–Crippen MR) is 61.4 cm³/mol. The minimum Gasteiger partial charge on any atom is -0.317 e. The summed E-state index contributed by atoms with van der Waals surface area (Å²) in [4.78, 5) is 0.519. The lowest BCUT2D eigenvalue weighted by molar-refractivity contribution is 0.425. The number of hydrogen-bond donors (Lipinski definition) is 1. The lowest BCUT2D eigenvalue weighted by atomic mass is 9.87. The van der Waals surface area contributed by atoms with Gasteiger partial charge in [0.15, 0.2) is 0 Å². The largest absolute Gasteiger partial charge is 0.317 e. The van der Waals surface area contributed by atoms with E-state index in [0.717, 1.165) is 25.9 Å². The Kier molecular flexibility index (Phi) is 3.38. The van der Waals surface area contributed by atoms with Gasteiger partial charge in [0.25, 0.3) is 0 Å². The molecule has 0 saturated carbocycles. The van der Waals surface area contributed by atoms with Crippen molar-refractivity contribution in [1.82, 2.24) is 5.32 Å². The maximum atomic E-state index is 10.9. The van der Waals surface area contributed by atoms with E-state index >= 15 is 0 Å². The molecule has 4 heteroatoms. The standard InChI is InChI=1S/C11H15NO2S/c13-15(14)11-3-1-2-10(8-11)9-4-6-12-7-5-9/h1-2,8-9,12H,3-7H2. The van der Waals surface area contributed by atoms with Crippen molar-refractivity contribution in [3.63, 3.8) is 0 Å². The monoisotopic (exact) mass is 225 g/mol. The van der Waals surface area contributed by atoms with Gasteiger partial charge in [0.2, 0.25) is 10.3 Å². The first kappa shape index (κ1) is 10.6. The molecule has 0 aromatic rings. The first-order valence-corrected chi connectivity index (χ1v) is 6.39. The molecule has 1 heterocycles. The number of nitrogens with one attached hydrogen (secondary N) is 1. The summed E-state index contributed by atoms with van der Waals surface area (Å²) in [5, 5.41) is 3.31. The number of hydrogen-bond acceptors (Lipinski definition) is 3. The van der Waals surface area contributed by atoms with E-state index in [2.05, 4.69) is 11.4 Å². The van der Waals surface area contributed by atoms with Gasteiger partial charge in [0.05, 0.1) is 4.86 Å². The van der Waals surface area contributed by atoms with Crippen molar-refractivity contribution in [2.75, 3.05) is 13.1 Å². The van der Waals surface area contributed by atoms with E-state index in [1.54, 1.807) is 0 Å². The molecule has 82 valence electrons. The summed E-state index contributed by atoms with van der Waals surface area (Å²) >= 11 is 0. The quantitative estimate of drug-likeness (QED) is 0.675. The molecule has 3 nitrogen and oxygen atoms in total. The first-order valence-electron chi connectivity index (χ1n) is 5.31. The molecule has 0 unspecified atom stereocenters. The Hall–Kier alpha value is -0.870. The molecule has 0 radical (unpaired) electrons. The topological polar surface area (TPSA) is 46.2 Å². The molecule has 1 fully saturated rings. The van der Waals surface area contributed by atoms with Crippen LogP contribution in [0.25, 0.3) is 0 Å². The summed E-state index contributed by atoms with van der Waals surface area (Å²) in [6, 6.07) is 0. The molecule has 0 aromatic heterocycles. The molecule has 1 N–H and O–H groups in total. The Bertz CT molecular complexity index is 418. The number of piperidine rings is 1. The van der Waals surface area contributed by atoms with Crippen LogP contribution >= 0.6 is 0 Å². The van der Waals surface area contributed by atoms with E-state index in [4.69, 9.17) is 0 Å². The summed E-state index contributed by atoms with van der Waals surface area (Å²) < 4.78 is 21.7.